The fraction of sp³-hybridized carbons (Fsp3) is 0.909. The highest BCUT2D eigenvalue weighted by atomic mass is 16.5. The van der Waals surface area contributed by atoms with E-state index >= 15 is 0 Å². The van der Waals surface area contributed by atoms with Gasteiger partial charge >= 0.3 is 6.09 Å². The van der Waals surface area contributed by atoms with Crippen LogP contribution in [0.15, 0.2) is 0 Å². The minimum Gasteiger partial charge on any atom is -0.453 e. The number of alkyl carbamates (subject to hydrolysis) is 1. The third-order valence-corrected chi connectivity index (χ3v) is 3.11. The quantitative estimate of drug-likeness (QED) is 0.747. The van der Waals surface area contributed by atoms with E-state index in [9.17, 15) is 4.79 Å². The maximum Gasteiger partial charge on any atom is 0.407 e. The molecular formula is C11H22N2O2. The van der Waals surface area contributed by atoms with Gasteiger partial charge in [0.1, 0.15) is 0 Å². The fourth-order valence-corrected chi connectivity index (χ4v) is 2.32. The molecule has 0 aromatic rings. The molecule has 4 heteroatoms. The predicted octanol–water partition coefficient (Wildman–Crippen LogP) is 1.64. The molecule has 1 rings (SSSR count). The van der Waals surface area contributed by atoms with Crippen LogP contribution >= 0.6 is 0 Å². The standard InChI is InChI=1S/C11H22N2O2/c1-15-11(14)13-10-6-2-4-9(8-10)5-3-7-12/h9-10H,2-8,12H2,1H3,(H,13,14). The number of nitrogens with two attached hydrogens (primary N) is 1. The molecule has 1 aliphatic carbocycles. The predicted molar refractivity (Wildman–Crippen MR) is 59.6 cm³/mol. The molecule has 0 aromatic heterocycles. The number of carbonyl (C=O) groups is 1. The van der Waals surface area contributed by atoms with Crippen LogP contribution in [0.1, 0.15) is 38.5 Å². The number of carbonyl (C=O) groups excluding carboxylic acids is 1. The molecule has 0 bridgehead atoms. The molecule has 88 valence electrons. The van der Waals surface area contributed by atoms with Crippen LogP contribution < -0.4 is 11.1 Å². The Morgan fingerprint density at radius 1 is 1.53 bits per heavy atom. The molecule has 2 atom stereocenters. The largest absolute Gasteiger partial charge is 0.453 e. The summed E-state index contributed by atoms with van der Waals surface area (Å²) in [5.74, 6) is 0.726. The van der Waals surface area contributed by atoms with Crippen molar-refractivity contribution in [1.29, 1.82) is 0 Å². The maximum atomic E-state index is 11.0. The summed E-state index contributed by atoms with van der Waals surface area (Å²) in [6, 6.07) is 0.300. The molecule has 4 nitrogen and oxygen atoms in total. The lowest BCUT2D eigenvalue weighted by Crippen LogP contribution is -2.38. The molecule has 1 amide bonds. The first-order chi connectivity index (χ1) is 7.26. The van der Waals surface area contributed by atoms with Crippen LogP contribution in [0.2, 0.25) is 0 Å². The van der Waals surface area contributed by atoms with Crippen molar-refractivity contribution in [2.24, 2.45) is 11.7 Å². The summed E-state index contributed by atoms with van der Waals surface area (Å²) in [5, 5.41) is 2.88. The maximum absolute atomic E-state index is 11.0. The molecule has 0 aliphatic heterocycles. The SMILES string of the molecule is COC(=O)NC1CCCC(CCCN)C1. The van der Waals surface area contributed by atoms with Crippen molar-refractivity contribution in [3.05, 3.63) is 0 Å². The minimum absolute atomic E-state index is 0.300. The molecule has 0 aromatic carbocycles. The first-order valence-corrected chi connectivity index (χ1v) is 5.80. The number of nitrogens with one attached hydrogen (secondary N) is 1. The molecule has 15 heavy (non-hydrogen) atoms. The molecule has 0 heterocycles. The first kappa shape index (κ1) is 12.3. The molecule has 3 N–H and O–H groups in total. The Kier molecular flexibility index (Phi) is 5.47. The van der Waals surface area contributed by atoms with E-state index in [1.165, 1.54) is 26.4 Å². The van der Waals surface area contributed by atoms with Gasteiger partial charge in [0.2, 0.25) is 0 Å². The number of hydrogen-bond acceptors (Lipinski definition) is 3. The van der Waals surface area contributed by atoms with Crippen LogP contribution in [0, 0.1) is 5.92 Å². The van der Waals surface area contributed by atoms with Crippen LogP contribution in [0.4, 0.5) is 4.79 Å². The molecule has 1 aliphatic rings. The van der Waals surface area contributed by atoms with Gasteiger partial charge in [-0.1, -0.05) is 12.8 Å². The van der Waals surface area contributed by atoms with Gasteiger partial charge in [-0.15, -0.1) is 0 Å². The van der Waals surface area contributed by atoms with Gasteiger partial charge in [-0.05, 0) is 38.1 Å². The van der Waals surface area contributed by atoms with Crippen LogP contribution in [0.3, 0.4) is 0 Å². The molecule has 0 radical (unpaired) electrons. The smallest absolute Gasteiger partial charge is 0.407 e. The summed E-state index contributed by atoms with van der Waals surface area (Å²) < 4.78 is 4.60. The monoisotopic (exact) mass is 214 g/mol. The Morgan fingerprint density at radius 2 is 2.33 bits per heavy atom. The Hall–Kier alpha value is -0.770. The van der Waals surface area contributed by atoms with Gasteiger partial charge < -0.3 is 15.8 Å². The molecule has 0 spiro atoms. The zero-order valence-electron chi connectivity index (χ0n) is 9.50. The Balaban J connectivity index is 2.25. The fourth-order valence-electron chi connectivity index (χ4n) is 2.32. The van der Waals surface area contributed by atoms with Gasteiger partial charge in [-0.3, -0.25) is 0 Å². The normalized spacial score (nSPS) is 26.0. The van der Waals surface area contributed by atoms with Crippen LogP contribution in [0.25, 0.3) is 0 Å². The summed E-state index contributed by atoms with van der Waals surface area (Å²) in [5.41, 5.74) is 5.49. The van der Waals surface area contributed by atoms with Gasteiger partial charge in [-0.25, -0.2) is 4.79 Å². The number of hydrogen-bond donors (Lipinski definition) is 2. The van der Waals surface area contributed by atoms with Gasteiger partial charge in [0.15, 0.2) is 0 Å². The zero-order valence-corrected chi connectivity index (χ0v) is 9.50. The summed E-state index contributed by atoms with van der Waals surface area (Å²) in [6.45, 7) is 0.769. The average molecular weight is 214 g/mol. The summed E-state index contributed by atoms with van der Waals surface area (Å²) in [7, 11) is 1.41. The second-order valence-corrected chi connectivity index (χ2v) is 4.30. The first-order valence-electron chi connectivity index (χ1n) is 5.80. The number of amides is 1. The minimum atomic E-state index is -0.306. The molecular weight excluding hydrogens is 192 g/mol. The van der Waals surface area contributed by atoms with Crippen molar-refractivity contribution in [2.45, 2.75) is 44.6 Å². The van der Waals surface area contributed by atoms with Crippen LogP contribution in [-0.2, 0) is 4.74 Å². The van der Waals surface area contributed by atoms with E-state index in [4.69, 9.17) is 5.73 Å². The number of ether oxygens (including phenoxy) is 1. The summed E-state index contributed by atoms with van der Waals surface area (Å²) in [6.07, 6.45) is 6.61. The Labute approximate surface area is 91.5 Å². The number of methoxy groups -OCH3 is 1. The second-order valence-electron chi connectivity index (χ2n) is 4.30. The van der Waals surface area contributed by atoms with Crippen molar-refractivity contribution < 1.29 is 9.53 Å². The van der Waals surface area contributed by atoms with E-state index in [-0.39, 0.29) is 6.09 Å². The van der Waals surface area contributed by atoms with E-state index in [2.05, 4.69) is 10.1 Å². The lowest BCUT2D eigenvalue weighted by molar-refractivity contribution is 0.158. The molecule has 0 saturated heterocycles. The van der Waals surface area contributed by atoms with E-state index in [0.29, 0.717) is 6.04 Å². The third-order valence-electron chi connectivity index (χ3n) is 3.11. The molecule has 1 saturated carbocycles. The van der Waals surface area contributed by atoms with Crippen molar-refractivity contribution in [3.8, 4) is 0 Å². The van der Waals surface area contributed by atoms with E-state index in [1.807, 2.05) is 0 Å². The molecule has 1 fully saturated rings. The van der Waals surface area contributed by atoms with Crippen molar-refractivity contribution in [3.63, 3.8) is 0 Å². The highest BCUT2D eigenvalue weighted by molar-refractivity contribution is 5.67. The van der Waals surface area contributed by atoms with Gasteiger partial charge in [0.25, 0.3) is 0 Å². The van der Waals surface area contributed by atoms with E-state index in [0.717, 1.165) is 31.7 Å². The third kappa shape index (κ3) is 4.51. The van der Waals surface area contributed by atoms with Crippen LogP contribution in [0.5, 0.6) is 0 Å². The molecule has 2 unspecified atom stereocenters. The summed E-state index contributed by atoms with van der Waals surface area (Å²) in [4.78, 5) is 11.0. The average Bonchev–Trinajstić information content (AvgIpc) is 2.26. The Morgan fingerprint density at radius 3 is 3.00 bits per heavy atom. The lowest BCUT2D eigenvalue weighted by atomic mass is 9.83. The highest BCUT2D eigenvalue weighted by Gasteiger charge is 2.22. The van der Waals surface area contributed by atoms with Gasteiger partial charge in [-0.2, -0.15) is 0 Å². The second kappa shape index (κ2) is 6.67. The van der Waals surface area contributed by atoms with Gasteiger partial charge in [0, 0.05) is 6.04 Å². The van der Waals surface area contributed by atoms with Crippen molar-refractivity contribution in [1.82, 2.24) is 5.32 Å². The van der Waals surface area contributed by atoms with Crippen molar-refractivity contribution >= 4 is 6.09 Å². The van der Waals surface area contributed by atoms with E-state index in [1.54, 1.807) is 0 Å². The topological polar surface area (TPSA) is 64.3 Å². The van der Waals surface area contributed by atoms with E-state index < -0.39 is 0 Å². The van der Waals surface area contributed by atoms with Crippen LogP contribution in [-0.4, -0.2) is 25.8 Å². The zero-order chi connectivity index (χ0) is 11.1. The lowest BCUT2D eigenvalue weighted by Gasteiger charge is -2.29. The van der Waals surface area contributed by atoms with Crippen molar-refractivity contribution in [2.75, 3.05) is 13.7 Å². The highest BCUT2D eigenvalue weighted by Crippen LogP contribution is 2.27. The number of rotatable bonds is 4. The van der Waals surface area contributed by atoms with Gasteiger partial charge in [0.05, 0.1) is 7.11 Å². The summed E-state index contributed by atoms with van der Waals surface area (Å²) >= 11 is 0. The Bertz CT molecular complexity index is 197.